The summed E-state index contributed by atoms with van der Waals surface area (Å²) in [5.74, 6) is -0.902. The third-order valence-electron chi connectivity index (χ3n) is 2.81. The number of carbonyl (C=O) groups excluding carboxylic acids is 1. The zero-order chi connectivity index (χ0) is 14.7. The van der Waals surface area contributed by atoms with Crippen LogP contribution in [0.2, 0.25) is 0 Å². The van der Waals surface area contributed by atoms with Gasteiger partial charge in [0, 0.05) is 17.8 Å². The molecule has 2 aromatic rings. The number of methoxy groups -OCH3 is 2. The molecular formula is C14H13FN2O3. The molecule has 0 radical (unpaired) electrons. The van der Waals surface area contributed by atoms with Crippen LogP contribution in [0.15, 0.2) is 30.5 Å². The number of nitrogen functional groups attached to an aromatic ring is 1. The number of hydrogen-bond donors (Lipinski definition) is 1. The van der Waals surface area contributed by atoms with Crippen LogP contribution < -0.4 is 10.5 Å². The topological polar surface area (TPSA) is 74.4 Å². The average molecular weight is 276 g/mol. The fourth-order valence-corrected chi connectivity index (χ4v) is 1.82. The Balaban J connectivity index is 2.61. The van der Waals surface area contributed by atoms with Gasteiger partial charge in [-0.1, -0.05) is 0 Å². The first kappa shape index (κ1) is 13.8. The van der Waals surface area contributed by atoms with Gasteiger partial charge in [-0.25, -0.2) is 14.2 Å². The van der Waals surface area contributed by atoms with Crippen LogP contribution in [0.1, 0.15) is 10.4 Å². The maximum Gasteiger partial charge on any atom is 0.340 e. The molecule has 5 nitrogen and oxygen atoms in total. The molecule has 2 rings (SSSR count). The molecule has 0 bridgehead atoms. The Morgan fingerprint density at radius 2 is 2.05 bits per heavy atom. The summed E-state index contributed by atoms with van der Waals surface area (Å²) in [6.45, 7) is 0. The Morgan fingerprint density at radius 1 is 1.30 bits per heavy atom. The molecule has 20 heavy (non-hydrogen) atoms. The molecule has 0 unspecified atom stereocenters. The number of carbonyl (C=O) groups is 1. The second-order valence-corrected chi connectivity index (χ2v) is 3.99. The Kier molecular flexibility index (Phi) is 3.84. The Hall–Kier alpha value is -2.63. The third kappa shape index (κ3) is 2.54. The van der Waals surface area contributed by atoms with Crippen LogP contribution in [0.4, 0.5) is 10.1 Å². The van der Waals surface area contributed by atoms with E-state index in [-0.39, 0.29) is 11.3 Å². The van der Waals surface area contributed by atoms with Gasteiger partial charge in [-0.15, -0.1) is 0 Å². The van der Waals surface area contributed by atoms with Crippen molar-refractivity contribution < 1.29 is 18.7 Å². The maximum atomic E-state index is 13.7. The number of rotatable bonds is 3. The molecule has 104 valence electrons. The molecule has 2 N–H and O–H groups in total. The number of esters is 1. The molecule has 0 fully saturated rings. The van der Waals surface area contributed by atoms with E-state index in [1.165, 1.54) is 26.5 Å². The number of nitrogens with zero attached hydrogens (tertiary/aromatic N) is 1. The van der Waals surface area contributed by atoms with Crippen molar-refractivity contribution in [2.75, 3.05) is 20.0 Å². The first-order chi connectivity index (χ1) is 9.56. The minimum atomic E-state index is -0.690. The SMILES string of the molecule is COC(=O)c1cc(F)cc(-c2ccnc(OC)c2)c1N. The number of ether oxygens (including phenoxy) is 2. The zero-order valence-corrected chi connectivity index (χ0v) is 11.0. The number of nitrogens with two attached hydrogens (primary N) is 1. The Morgan fingerprint density at radius 3 is 2.70 bits per heavy atom. The van der Waals surface area contributed by atoms with Crippen molar-refractivity contribution >= 4 is 11.7 Å². The Labute approximate surface area is 115 Å². The van der Waals surface area contributed by atoms with Crippen LogP contribution in [-0.4, -0.2) is 25.2 Å². The minimum Gasteiger partial charge on any atom is -0.481 e. The van der Waals surface area contributed by atoms with Crippen LogP contribution in [0.5, 0.6) is 5.88 Å². The van der Waals surface area contributed by atoms with Gasteiger partial charge in [0.05, 0.1) is 25.5 Å². The fraction of sp³-hybridized carbons (Fsp3) is 0.143. The van der Waals surface area contributed by atoms with E-state index in [0.717, 1.165) is 6.07 Å². The van der Waals surface area contributed by atoms with Gasteiger partial charge in [0.25, 0.3) is 0 Å². The van der Waals surface area contributed by atoms with Gasteiger partial charge in [-0.3, -0.25) is 0 Å². The van der Waals surface area contributed by atoms with Gasteiger partial charge in [0.15, 0.2) is 0 Å². The summed E-state index contributed by atoms with van der Waals surface area (Å²) >= 11 is 0. The number of anilines is 1. The normalized spacial score (nSPS) is 10.2. The molecule has 1 heterocycles. The lowest BCUT2D eigenvalue weighted by atomic mass is 10.0. The summed E-state index contributed by atoms with van der Waals surface area (Å²) < 4.78 is 23.3. The molecule has 1 aromatic heterocycles. The lowest BCUT2D eigenvalue weighted by molar-refractivity contribution is 0.0601. The zero-order valence-electron chi connectivity index (χ0n) is 11.0. The van der Waals surface area contributed by atoms with Crippen molar-refractivity contribution in [1.29, 1.82) is 0 Å². The van der Waals surface area contributed by atoms with Gasteiger partial charge in [-0.05, 0) is 23.8 Å². The largest absolute Gasteiger partial charge is 0.481 e. The van der Waals surface area contributed by atoms with Crippen molar-refractivity contribution in [3.05, 3.63) is 41.8 Å². The van der Waals surface area contributed by atoms with Crippen molar-refractivity contribution in [3.8, 4) is 17.0 Å². The highest BCUT2D eigenvalue weighted by Crippen LogP contribution is 2.31. The van der Waals surface area contributed by atoms with E-state index in [9.17, 15) is 9.18 Å². The van der Waals surface area contributed by atoms with Crippen LogP contribution >= 0.6 is 0 Å². The number of benzene rings is 1. The second kappa shape index (κ2) is 5.56. The fourth-order valence-electron chi connectivity index (χ4n) is 1.82. The summed E-state index contributed by atoms with van der Waals surface area (Å²) in [5.41, 5.74) is 7.03. The average Bonchev–Trinajstić information content (AvgIpc) is 2.48. The summed E-state index contributed by atoms with van der Waals surface area (Å²) in [6, 6.07) is 5.54. The molecule has 0 atom stereocenters. The monoisotopic (exact) mass is 276 g/mol. The molecular weight excluding hydrogens is 263 g/mol. The van der Waals surface area contributed by atoms with Crippen LogP contribution in [0.25, 0.3) is 11.1 Å². The van der Waals surface area contributed by atoms with Crippen LogP contribution in [0.3, 0.4) is 0 Å². The van der Waals surface area contributed by atoms with Crippen LogP contribution in [0, 0.1) is 5.82 Å². The summed E-state index contributed by atoms with van der Waals surface area (Å²) in [4.78, 5) is 15.5. The highest BCUT2D eigenvalue weighted by molar-refractivity contribution is 5.99. The van der Waals surface area contributed by atoms with E-state index in [1.54, 1.807) is 12.1 Å². The predicted molar refractivity (Wildman–Crippen MR) is 71.9 cm³/mol. The first-order valence-electron chi connectivity index (χ1n) is 5.74. The van der Waals surface area contributed by atoms with Gasteiger partial charge in [0.1, 0.15) is 5.82 Å². The minimum absolute atomic E-state index is 0.0155. The quantitative estimate of drug-likeness (QED) is 0.687. The Bertz CT molecular complexity index is 659. The molecule has 0 amide bonds. The smallest absolute Gasteiger partial charge is 0.340 e. The van der Waals surface area contributed by atoms with E-state index >= 15 is 0 Å². The molecule has 6 heteroatoms. The lowest BCUT2D eigenvalue weighted by Gasteiger charge is -2.11. The second-order valence-electron chi connectivity index (χ2n) is 3.99. The van der Waals surface area contributed by atoms with Crippen LogP contribution in [-0.2, 0) is 4.74 Å². The highest BCUT2D eigenvalue weighted by Gasteiger charge is 2.16. The molecule has 0 aliphatic rings. The highest BCUT2D eigenvalue weighted by atomic mass is 19.1. The molecule has 1 aromatic carbocycles. The number of aromatic nitrogens is 1. The number of halogens is 1. The molecule has 0 aliphatic heterocycles. The van der Waals surface area contributed by atoms with E-state index in [2.05, 4.69) is 9.72 Å². The summed E-state index contributed by atoms with van der Waals surface area (Å²) in [5, 5.41) is 0. The summed E-state index contributed by atoms with van der Waals surface area (Å²) in [6.07, 6.45) is 1.51. The number of hydrogen-bond acceptors (Lipinski definition) is 5. The van der Waals surface area contributed by atoms with E-state index < -0.39 is 11.8 Å². The standard InChI is InChI=1S/C14H13FN2O3/c1-19-12-5-8(3-4-17-12)10-6-9(15)7-11(13(10)16)14(18)20-2/h3-7H,16H2,1-2H3. The van der Waals surface area contributed by atoms with Crippen molar-refractivity contribution in [2.24, 2.45) is 0 Å². The van der Waals surface area contributed by atoms with Crippen molar-refractivity contribution in [2.45, 2.75) is 0 Å². The third-order valence-corrected chi connectivity index (χ3v) is 2.81. The molecule has 0 saturated carbocycles. The van der Waals surface area contributed by atoms with Gasteiger partial charge < -0.3 is 15.2 Å². The van der Waals surface area contributed by atoms with Crippen molar-refractivity contribution in [3.63, 3.8) is 0 Å². The van der Waals surface area contributed by atoms with E-state index in [4.69, 9.17) is 10.5 Å². The van der Waals surface area contributed by atoms with Gasteiger partial charge in [-0.2, -0.15) is 0 Å². The van der Waals surface area contributed by atoms with Gasteiger partial charge >= 0.3 is 5.97 Å². The first-order valence-corrected chi connectivity index (χ1v) is 5.74. The summed E-state index contributed by atoms with van der Waals surface area (Å²) in [7, 11) is 2.68. The predicted octanol–water partition coefficient (Wildman–Crippen LogP) is 2.27. The lowest BCUT2D eigenvalue weighted by Crippen LogP contribution is -2.07. The molecule has 0 saturated heterocycles. The molecule has 0 spiro atoms. The van der Waals surface area contributed by atoms with Gasteiger partial charge in [0.2, 0.25) is 5.88 Å². The maximum absolute atomic E-state index is 13.7. The van der Waals surface area contributed by atoms with Crippen molar-refractivity contribution in [1.82, 2.24) is 4.98 Å². The van der Waals surface area contributed by atoms with E-state index in [0.29, 0.717) is 17.0 Å². The molecule has 0 aliphatic carbocycles. The van der Waals surface area contributed by atoms with E-state index in [1.807, 2.05) is 0 Å². The number of pyridine rings is 1.